The van der Waals surface area contributed by atoms with Gasteiger partial charge in [-0.25, -0.2) is 23.6 Å². The van der Waals surface area contributed by atoms with E-state index in [2.05, 4.69) is 10.1 Å². The third-order valence-electron chi connectivity index (χ3n) is 3.59. The van der Waals surface area contributed by atoms with Gasteiger partial charge in [-0.05, 0) is 19.1 Å². The molecular formula is C13H15N5O4S. The number of nitrogens with one attached hydrogen (secondary N) is 1. The first kappa shape index (κ1) is 15.6. The van der Waals surface area contributed by atoms with Crippen molar-refractivity contribution in [2.24, 2.45) is 0 Å². The van der Waals surface area contributed by atoms with Crippen LogP contribution in [0.3, 0.4) is 0 Å². The summed E-state index contributed by atoms with van der Waals surface area (Å²) in [6.45, 7) is 2.41. The van der Waals surface area contributed by atoms with Gasteiger partial charge in [-0.15, -0.1) is 5.10 Å². The molecule has 0 saturated heterocycles. The Labute approximate surface area is 132 Å². The average Bonchev–Trinajstić information content (AvgIpc) is 2.97. The summed E-state index contributed by atoms with van der Waals surface area (Å²) in [6.07, 6.45) is 0. The van der Waals surface area contributed by atoms with Gasteiger partial charge >= 0.3 is 5.91 Å². The molecule has 0 aliphatic carbocycles. The number of fused-ring (bicyclic) bond motifs is 1. The maximum absolute atomic E-state index is 12.7. The van der Waals surface area contributed by atoms with Crippen molar-refractivity contribution in [1.82, 2.24) is 24.5 Å². The summed E-state index contributed by atoms with van der Waals surface area (Å²) in [4.78, 5) is 15.5. The number of aromatic nitrogens is 3. The molecule has 1 aromatic carbocycles. The van der Waals surface area contributed by atoms with Crippen molar-refractivity contribution < 1.29 is 18.4 Å². The lowest BCUT2D eigenvalue weighted by atomic mass is 10.2. The second kappa shape index (κ2) is 5.72. The fourth-order valence-electron chi connectivity index (χ4n) is 2.32. The molecule has 2 heterocycles. The molecule has 0 spiro atoms. The molecule has 0 atom stereocenters. The van der Waals surface area contributed by atoms with E-state index >= 15 is 0 Å². The maximum atomic E-state index is 12.7. The average molecular weight is 337 g/mol. The molecule has 1 aromatic heterocycles. The Bertz CT molecular complexity index is 844. The summed E-state index contributed by atoms with van der Waals surface area (Å²) >= 11 is 0. The first-order valence-electron chi connectivity index (χ1n) is 6.87. The Kier molecular flexibility index (Phi) is 3.88. The van der Waals surface area contributed by atoms with Crippen LogP contribution in [0.15, 0.2) is 29.2 Å². The molecule has 3 rings (SSSR count). The van der Waals surface area contributed by atoms with Crippen molar-refractivity contribution >= 4 is 15.9 Å². The summed E-state index contributed by atoms with van der Waals surface area (Å²) in [7, 11) is -3.64. The standard InChI is InChI=1S/C13H15N5O4S/c1-9-2-4-10(5-3-9)23(21,22)17-6-7-18-11(8-17)14-12(15-18)13(19)16-20/h2-5,20H,6-8H2,1H3,(H,16,19). The highest BCUT2D eigenvalue weighted by atomic mass is 32.2. The van der Waals surface area contributed by atoms with E-state index in [1.54, 1.807) is 24.3 Å². The van der Waals surface area contributed by atoms with Crippen LogP contribution < -0.4 is 5.48 Å². The van der Waals surface area contributed by atoms with Gasteiger partial charge in [0.1, 0.15) is 5.82 Å². The van der Waals surface area contributed by atoms with Gasteiger partial charge in [0.25, 0.3) is 0 Å². The molecule has 10 heteroatoms. The van der Waals surface area contributed by atoms with Crippen LogP contribution in [-0.2, 0) is 23.1 Å². The first-order valence-corrected chi connectivity index (χ1v) is 8.31. The van der Waals surface area contributed by atoms with E-state index in [-0.39, 0.29) is 30.4 Å². The highest BCUT2D eigenvalue weighted by Gasteiger charge is 2.30. The van der Waals surface area contributed by atoms with Gasteiger partial charge < -0.3 is 0 Å². The molecule has 0 saturated carbocycles. The molecule has 0 bridgehead atoms. The normalized spacial score (nSPS) is 15.2. The van der Waals surface area contributed by atoms with Gasteiger partial charge in [0.2, 0.25) is 15.8 Å². The van der Waals surface area contributed by atoms with Crippen LogP contribution in [0.4, 0.5) is 0 Å². The first-order chi connectivity index (χ1) is 10.9. The monoisotopic (exact) mass is 337 g/mol. The number of aryl methyl sites for hydroxylation is 1. The van der Waals surface area contributed by atoms with Crippen molar-refractivity contribution in [3.63, 3.8) is 0 Å². The number of carbonyl (C=O) groups excluding carboxylic acids is 1. The third-order valence-corrected chi connectivity index (χ3v) is 5.45. The Balaban J connectivity index is 1.87. The second-order valence-corrected chi connectivity index (χ2v) is 7.11. The predicted molar refractivity (Wildman–Crippen MR) is 78.0 cm³/mol. The molecule has 0 radical (unpaired) electrons. The molecule has 2 N–H and O–H groups in total. The maximum Gasteiger partial charge on any atom is 0.314 e. The fourth-order valence-corrected chi connectivity index (χ4v) is 3.71. The van der Waals surface area contributed by atoms with Crippen LogP contribution in [0, 0.1) is 6.92 Å². The van der Waals surface area contributed by atoms with E-state index in [1.807, 2.05) is 6.92 Å². The van der Waals surface area contributed by atoms with E-state index in [0.29, 0.717) is 5.82 Å². The summed E-state index contributed by atoms with van der Waals surface area (Å²) < 4.78 is 28.1. The number of hydroxylamine groups is 1. The number of hydrogen-bond donors (Lipinski definition) is 2. The largest absolute Gasteiger partial charge is 0.314 e. The summed E-state index contributed by atoms with van der Waals surface area (Å²) in [5.74, 6) is -0.678. The van der Waals surface area contributed by atoms with Crippen molar-refractivity contribution in [1.29, 1.82) is 0 Å². The molecule has 1 aliphatic heterocycles. The van der Waals surface area contributed by atoms with E-state index < -0.39 is 15.9 Å². The number of amides is 1. The quantitative estimate of drug-likeness (QED) is 0.597. The van der Waals surface area contributed by atoms with Crippen LogP contribution in [0.1, 0.15) is 22.0 Å². The lowest BCUT2D eigenvalue weighted by Crippen LogP contribution is -2.38. The Morgan fingerprint density at radius 3 is 2.61 bits per heavy atom. The molecule has 1 amide bonds. The Morgan fingerprint density at radius 1 is 1.26 bits per heavy atom. The van der Waals surface area contributed by atoms with Crippen LogP contribution in [0.2, 0.25) is 0 Å². The number of sulfonamides is 1. The second-order valence-electron chi connectivity index (χ2n) is 5.17. The minimum absolute atomic E-state index is 0.0158. The predicted octanol–water partition coefficient (Wildman–Crippen LogP) is -0.0900. The summed E-state index contributed by atoms with van der Waals surface area (Å²) in [6, 6.07) is 6.61. The van der Waals surface area contributed by atoms with Gasteiger partial charge in [0.15, 0.2) is 0 Å². The van der Waals surface area contributed by atoms with Crippen molar-refractivity contribution in [3.05, 3.63) is 41.5 Å². The lowest BCUT2D eigenvalue weighted by molar-refractivity contribution is 0.0694. The molecule has 0 fully saturated rings. The van der Waals surface area contributed by atoms with Crippen molar-refractivity contribution in [3.8, 4) is 0 Å². The molecule has 2 aromatic rings. The van der Waals surface area contributed by atoms with E-state index in [1.165, 1.54) is 14.5 Å². The number of carbonyl (C=O) groups is 1. The van der Waals surface area contributed by atoms with Crippen molar-refractivity contribution in [2.45, 2.75) is 24.9 Å². The number of nitrogens with zero attached hydrogens (tertiary/aromatic N) is 4. The lowest BCUT2D eigenvalue weighted by Gasteiger charge is -2.26. The summed E-state index contributed by atoms with van der Waals surface area (Å²) in [5.41, 5.74) is 2.43. The molecule has 122 valence electrons. The van der Waals surface area contributed by atoms with E-state index in [4.69, 9.17) is 5.21 Å². The highest BCUT2D eigenvalue weighted by Crippen LogP contribution is 2.21. The Hall–Kier alpha value is -2.30. The minimum Gasteiger partial charge on any atom is -0.288 e. The minimum atomic E-state index is -3.64. The smallest absolute Gasteiger partial charge is 0.288 e. The zero-order valence-electron chi connectivity index (χ0n) is 12.3. The van der Waals surface area contributed by atoms with E-state index in [9.17, 15) is 13.2 Å². The van der Waals surface area contributed by atoms with Crippen LogP contribution in [0.25, 0.3) is 0 Å². The van der Waals surface area contributed by atoms with Crippen LogP contribution >= 0.6 is 0 Å². The van der Waals surface area contributed by atoms with Gasteiger partial charge in [-0.1, -0.05) is 17.7 Å². The SMILES string of the molecule is Cc1ccc(S(=O)(=O)N2CCn3nc(C(=O)NO)nc3C2)cc1. The van der Waals surface area contributed by atoms with Gasteiger partial charge in [0.05, 0.1) is 18.0 Å². The van der Waals surface area contributed by atoms with Gasteiger partial charge in [-0.2, -0.15) is 4.31 Å². The highest BCUT2D eigenvalue weighted by molar-refractivity contribution is 7.89. The molecule has 9 nitrogen and oxygen atoms in total. The number of benzene rings is 1. The van der Waals surface area contributed by atoms with Gasteiger partial charge in [-0.3, -0.25) is 10.0 Å². The van der Waals surface area contributed by atoms with Gasteiger partial charge in [0, 0.05) is 6.54 Å². The molecular weight excluding hydrogens is 322 g/mol. The fraction of sp³-hybridized carbons (Fsp3) is 0.308. The molecule has 0 unspecified atom stereocenters. The van der Waals surface area contributed by atoms with Crippen LogP contribution in [0.5, 0.6) is 0 Å². The zero-order valence-corrected chi connectivity index (χ0v) is 13.1. The van der Waals surface area contributed by atoms with E-state index in [0.717, 1.165) is 5.56 Å². The Morgan fingerprint density at radius 2 is 1.96 bits per heavy atom. The number of hydrogen-bond acceptors (Lipinski definition) is 6. The summed E-state index contributed by atoms with van der Waals surface area (Å²) in [5, 5.41) is 12.5. The topological polar surface area (TPSA) is 117 Å². The number of rotatable bonds is 3. The molecule has 23 heavy (non-hydrogen) atoms. The van der Waals surface area contributed by atoms with Crippen LogP contribution in [-0.4, -0.2) is 45.1 Å². The zero-order chi connectivity index (χ0) is 16.6. The molecule has 1 aliphatic rings. The van der Waals surface area contributed by atoms with Crippen molar-refractivity contribution in [2.75, 3.05) is 6.54 Å². The third kappa shape index (κ3) is 2.83.